The molecule has 1 saturated carbocycles. The maximum atomic E-state index is 9.74. The van der Waals surface area contributed by atoms with Crippen molar-refractivity contribution in [2.24, 2.45) is 16.6 Å². The molecule has 20 heavy (non-hydrogen) atoms. The van der Waals surface area contributed by atoms with Crippen LogP contribution in [0.2, 0.25) is 0 Å². The molecular weight excluding hydrogens is 260 g/mol. The molecule has 1 aliphatic heterocycles. The SMILES string of the molecule is COC1(OC)[NH+]=C(N)[C@@]2(C#N)[C@@H](c3ccco3)[C@@]12C#N. The van der Waals surface area contributed by atoms with Crippen molar-refractivity contribution in [2.75, 3.05) is 14.2 Å². The lowest BCUT2D eigenvalue weighted by molar-refractivity contribution is -0.687. The average molecular weight is 273 g/mol. The second kappa shape index (κ2) is 3.60. The molecule has 2 aliphatic rings. The van der Waals surface area contributed by atoms with Gasteiger partial charge >= 0.3 is 5.91 Å². The fourth-order valence-electron chi connectivity index (χ4n) is 3.50. The zero-order valence-electron chi connectivity index (χ0n) is 11.0. The van der Waals surface area contributed by atoms with Crippen molar-refractivity contribution in [3.8, 4) is 12.1 Å². The van der Waals surface area contributed by atoms with Crippen LogP contribution in [0.3, 0.4) is 0 Å². The molecule has 102 valence electrons. The number of hydrogen-bond donors (Lipinski definition) is 2. The van der Waals surface area contributed by atoms with E-state index < -0.39 is 22.7 Å². The number of rotatable bonds is 3. The highest BCUT2D eigenvalue weighted by atomic mass is 16.7. The molecule has 0 unspecified atom stereocenters. The Morgan fingerprint density at radius 3 is 2.50 bits per heavy atom. The van der Waals surface area contributed by atoms with Crippen LogP contribution in [-0.2, 0) is 9.47 Å². The van der Waals surface area contributed by atoms with E-state index in [1.54, 1.807) is 12.1 Å². The maximum Gasteiger partial charge on any atom is 0.342 e. The first kappa shape index (κ1) is 12.7. The lowest BCUT2D eigenvalue weighted by Gasteiger charge is -2.26. The summed E-state index contributed by atoms with van der Waals surface area (Å²) in [4.78, 5) is 2.80. The van der Waals surface area contributed by atoms with Crippen molar-refractivity contribution in [1.82, 2.24) is 0 Å². The summed E-state index contributed by atoms with van der Waals surface area (Å²) in [6.07, 6.45) is 1.49. The van der Waals surface area contributed by atoms with E-state index in [1.807, 2.05) is 0 Å². The van der Waals surface area contributed by atoms with Crippen LogP contribution in [0.25, 0.3) is 0 Å². The van der Waals surface area contributed by atoms with E-state index in [-0.39, 0.29) is 5.84 Å². The third-order valence-corrected chi connectivity index (χ3v) is 4.40. The summed E-state index contributed by atoms with van der Waals surface area (Å²) in [7, 11) is 2.79. The van der Waals surface area contributed by atoms with Crippen LogP contribution in [-0.4, -0.2) is 26.0 Å². The smallest absolute Gasteiger partial charge is 0.342 e. The van der Waals surface area contributed by atoms with Crippen LogP contribution in [0.1, 0.15) is 11.7 Å². The standard InChI is InChI=1S/C13H12N4O3/c1-18-13(19-2)12(7-15)9(8-4-3-5-20-8)11(12,6-14)10(16)17-13/h3-5,9H,1-2H3,(H2,16,17)/p+1/t9-,11-,12-/m1/s1. The summed E-state index contributed by atoms with van der Waals surface area (Å²) in [6.45, 7) is 0. The summed E-state index contributed by atoms with van der Waals surface area (Å²) in [5, 5.41) is 19.4. The number of nitrogens with zero attached hydrogens (tertiary/aromatic N) is 2. The Balaban J connectivity index is 2.26. The van der Waals surface area contributed by atoms with Gasteiger partial charge in [-0.15, -0.1) is 0 Å². The number of nitriles is 2. The van der Waals surface area contributed by atoms with Gasteiger partial charge in [0, 0.05) is 14.2 Å². The molecule has 7 heteroatoms. The molecule has 3 N–H and O–H groups in total. The van der Waals surface area contributed by atoms with Gasteiger partial charge in [-0.05, 0) is 12.1 Å². The minimum atomic E-state index is -1.47. The van der Waals surface area contributed by atoms with Crippen molar-refractivity contribution >= 4 is 5.84 Å². The first-order valence-electron chi connectivity index (χ1n) is 5.97. The number of methoxy groups -OCH3 is 2. The number of ether oxygens (including phenoxy) is 2. The van der Waals surface area contributed by atoms with Crippen LogP contribution in [0.4, 0.5) is 0 Å². The Hall–Kier alpha value is -2.35. The van der Waals surface area contributed by atoms with Gasteiger partial charge in [-0.2, -0.15) is 10.5 Å². The largest absolute Gasteiger partial charge is 0.469 e. The highest BCUT2D eigenvalue weighted by Crippen LogP contribution is 2.78. The van der Waals surface area contributed by atoms with E-state index in [9.17, 15) is 10.5 Å². The fourth-order valence-corrected chi connectivity index (χ4v) is 3.50. The van der Waals surface area contributed by atoms with E-state index in [0.717, 1.165) is 0 Å². The van der Waals surface area contributed by atoms with Crippen molar-refractivity contribution in [2.45, 2.75) is 11.8 Å². The molecule has 1 aromatic heterocycles. The molecule has 3 atom stereocenters. The lowest BCUT2D eigenvalue weighted by Crippen LogP contribution is -2.90. The average Bonchev–Trinajstić information content (AvgIpc) is 2.79. The summed E-state index contributed by atoms with van der Waals surface area (Å²) in [5.74, 6) is -1.34. The van der Waals surface area contributed by atoms with Gasteiger partial charge in [0.25, 0.3) is 5.84 Å². The number of amidine groups is 1. The molecule has 1 aliphatic carbocycles. The highest BCUT2D eigenvalue weighted by Gasteiger charge is 2.97. The molecule has 0 saturated heterocycles. The molecule has 0 spiro atoms. The third kappa shape index (κ3) is 0.944. The Kier molecular flexibility index (Phi) is 2.28. The molecule has 1 aromatic rings. The van der Waals surface area contributed by atoms with E-state index in [2.05, 4.69) is 17.1 Å². The highest BCUT2D eigenvalue weighted by molar-refractivity contribution is 5.95. The minimum absolute atomic E-state index is 0.159. The minimum Gasteiger partial charge on any atom is -0.469 e. The van der Waals surface area contributed by atoms with E-state index in [4.69, 9.17) is 19.6 Å². The summed E-state index contributed by atoms with van der Waals surface area (Å²) < 4.78 is 16.1. The van der Waals surface area contributed by atoms with Crippen molar-refractivity contribution in [3.05, 3.63) is 24.2 Å². The fraction of sp³-hybridized carbons (Fsp3) is 0.462. The second-order valence-electron chi connectivity index (χ2n) is 4.85. The molecule has 0 radical (unpaired) electrons. The molecule has 7 nitrogen and oxygen atoms in total. The first-order valence-corrected chi connectivity index (χ1v) is 5.97. The van der Waals surface area contributed by atoms with Gasteiger partial charge in [0.2, 0.25) is 0 Å². The Bertz CT molecular complexity index is 665. The number of fused-ring (bicyclic) bond motifs is 1. The Morgan fingerprint density at radius 1 is 1.35 bits per heavy atom. The van der Waals surface area contributed by atoms with Crippen molar-refractivity contribution in [1.29, 1.82) is 10.5 Å². The molecule has 0 bridgehead atoms. The normalized spacial score (nSPS) is 36.6. The van der Waals surface area contributed by atoms with E-state index in [1.165, 1.54) is 20.5 Å². The van der Waals surface area contributed by atoms with Crippen LogP contribution in [0.5, 0.6) is 0 Å². The zero-order valence-corrected chi connectivity index (χ0v) is 11.0. The van der Waals surface area contributed by atoms with Gasteiger partial charge in [0.1, 0.15) is 5.76 Å². The maximum absolute atomic E-state index is 9.74. The van der Waals surface area contributed by atoms with Crippen molar-refractivity contribution in [3.63, 3.8) is 0 Å². The molecular formula is C13H13N4O3+. The number of nitrogens with one attached hydrogen (secondary N) is 1. The third-order valence-electron chi connectivity index (χ3n) is 4.40. The van der Waals surface area contributed by atoms with Crippen LogP contribution in [0.15, 0.2) is 22.8 Å². The number of furan rings is 1. The molecule has 3 rings (SSSR count). The van der Waals surface area contributed by atoms with E-state index in [0.29, 0.717) is 5.76 Å². The van der Waals surface area contributed by atoms with Gasteiger partial charge in [0.15, 0.2) is 10.8 Å². The molecule has 0 amide bonds. The molecule has 2 heterocycles. The Morgan fingerprint density at radius 2 is 2.05 bits per heavy atom. The predicted octanol–water partition coefficient (Wildman–Crippen LogP) is -1.21. The predicted molar refractivity (Wildman–Crippen MR) is 64.4 cm³/mol. The lowest BCUT2D eigenvalue weighted by atomic mass is 9.94. The van der Waals surface area contributed by atoms with Gasteiger partial charge < -0.3 is 13.9 Å². The summed E-state index contributed by atoms with van der Waals surface area (Å²) in [5.41, 5.74) is 3.46. The second-order valence-corrected chi connectivity index (χ2v) is 4.85. The van der Waals surface area contributed by atoms with Crippen LogP contribution < -0.4 is 10.7 Å². The quantitative estimate of drug-likeness (QED) is 0.667. The van der Waals surface area contributed by atoms with Gasteiger partial charge in [-0.3, -0.25) is 5.73 Å². The number of nitrogens with two attached hydrogens (primary N) is 1. The van der Waals surface area contributed by atoms with Crippen molar-refractivity contribution < 1.29 is 18.9 Å². The summed E-state index contributed by atoms with van der Waals surface area (Å²) in [6, 6.07) is 7.73. The Labute approximate surface area is 115 Å². The number of hydrogen-bond acceptors (Lipinski definition) is 6. The summed E-state index contributed by atoms with van der Waals surface area (Å²) >= 11 is 0. The monoisotopic (exact) mass is 273 g/mol. The topological polar surface area (TPSA) is 119 Å². The molecule has 1 fully saturated rings. The van der Waals surface area contributed by atoms with Crippen LogP contribution in [0, 0.1) is 33.5 Å². The molecule has 0 aromatic carbocycles. The van der Waals surface area contributed by atoms with Crippen LogP contribution >= 0.6 is 0 Å². The van der Waals surface area contributed by atoms with Gasteiger partial charge in [-0.25, -0.2) is 4.99 Å². The van der Waals surface area contributed by atoms with Gasteiger partial charge in [-0.1, -0.05) is 0 Å². The van der Waals surface area contributed by atoms with Gasteiger partial charge in [0.05, 0.1) is 24.3 Å². The van der Waals surface area contributed by atoms with E-state index >= 15 is 0 Å². The zero-order chi connectivity index (χ0) is 14.6. The first-order chi connectivity index (χ1) is 9.60.